The van der Waals surface area contributed by atoms with E-state index < -0.39 is 0 Å². The summed E-state index contributed by atoms with van der Waals surface area (Å²) >= 11 is 0. The number of benzene rings is 1. The van der Waals surface area contributed by atoms with E-state index in [1.807, 2.05) is 56.3 Å². The molecule has 2 N–H and O–H groups in total. The van der Waals surface area contributed by atoms with Crippen LogP contribution in [-0.4, -0.2) is 16.9 Å². The second-order valence-electron chi connectivity index (χ2n) is 4.88. The third kappa shape index (κ3) is 4.09. The number of carbonyl (C=O) groups is 1. The highest BCUT2D eigenvalue weighted by Crippen LogP contribution is 2.11. The van der Waals surface area contributed by atoms with Gasteiger partial charge in [0, 0.05) is 23.5 Å². The molecule has 0 saturated carbocycles. The topological polar surface area (TPSA) is 54.0 Å². The largest absolute Gasteiger partial charge is 0.379 e. The highest BCUT2D eigenvalue weighted by atomic mass is 16.1. The van der Waals surface area contributed by atoms with Gasteiger partial charge < -0.3 is 10.6 Å². The summed E-state index contributed by atoms with van der Waals surface area (Å²) in [4.78, 5) is 16.0. The zero-order chi connectivity index (χ0) is 14.4. The fraction of sp³-hybridized carbons (Fsp3) is 0.250. The van der Waals surface area contributed by atoms with Crippen molar-refractivity contribution in [2.75, 3.05) is 5.32 Å². The first-order valence-electron chi connectivity index (χ1n) is 6.70. The Morgan fingerprint density at radius 1 is 1.15 bits per heavy atom. The number of hydrogen-bond acceptors (Lipinski definition) is 3. The Morgan fingerprint density at radius 3 is 2.50 bits per heavy atom. The molecule has 4 heteroatoms. The van der Waals surface area contributed by atoms with Crippen molar-refractivity contribution in [2.45, 2.75) is 26.4 Å². The van der Waals surface area contributed by atoms with E-state index in [0.29, 0.717) is 12.1 Å². The summed E-state index contributed by atoms with van der Waals surface area (Å²) in [6.07, 6.45) is 1.77. The normalized spacial score (nSPS) is 10.3. The van der Waals surface area contributed by atoms with E-state index in [1.165, 1.54) is 0 Å². The quantitative estimate of drug-likeness (QED) is 0.877. The molecule has 0 unspecified atom stereocenters. The summed E-state index contributed by atoms with van der Waals surface area (Å²) in [5.74, 6) is -0.0451. The standard InChI is InChI=1S/C16H19N3O/c1-12(2)19-16(20)13-6-8-14(9-7-13)18-11-15-5-3-4-10-17-15/h3-10,12,18H,11H2,1-2H3,(H,19,20). The van der Waals surface area contributed by atoms with Gasteiger partial charge in [0.1, 0.15) is 0 Å². The predicted octanol–water partition coefficient (Wildman–Crippen LogP) is 2.83. The van der Waals surface area contributed by atoms with Crippen LogP contribution in [0.1, 0.15) is 29.9 Å². The van der Waals surface area contributed by atoms with Crippen molar-refractivity contribution in [3.63, 3.8) is 0 Å². The predicted molar refractivity (Wildman–Crippen MR) is 80.6 cm³/mol. The molecular weight excluding hydrogens is 250 g/mol. The third-order valence-corrected chi connectivity index (χ3v) is 2.77. The molecule has 1 amide bonds. The van der Waals surface area contributed by atoms with Crippen molar-refractivity contribution < 1.29 is 4.79 Å². The van der Waals surface area contributed by atoms with E-state index >= 15 is 0 Å². The highest BCUT2D eigenvalue weighted by Gasteiger charge is 2.06. The van der Waals surface area contributed by atoms with E-state index in [4.69, 9.17) is 0 Å². The fourth-order valence-corrected chi connectivity index (χ4v) is 1.78. The van der Waals surface area contributed by atoms with Gasteiger partial charge in [-0.1, -0.05) is 6.07 Å². The minimum absolute atomic E-state index is 0.0451. The first kappa shape index (κ1) is 14.1. The molecule has 0 fully saturated rings. The van der Waals surface area contributed by atoms with E-state index in [-0.39, 0.29) is 11.9 Å². The molecule has 2 aromatic rings. The van der Waals surface area contributed by atoms with Gasteiger partial charge in [-0.3, -0.25) is 9.78 Å². The van der Waals surface area contributed by atoms with Crippen LogP contribution in [-0.2, 0) is 6.54 Å². The molecule has 0 aliphatic rings. The van der Waals surface area contributed by atoms with Gasteiger partial charge in [0.25, 0.3) is 5.91 Å². The first-order chi connectivity index (χ1) is 9.65. The van der Waals surface area contributed by atoms with Crippen molar-refractivity contribution in [2.24, 2.45) is 0 Å². The summed E-state index contributed by atoms with van der Waals surface area (Å²) in [5.41, 5.74) is 2.62. The number of rotatable bonds is 5. The number of anilines is 1. The summed E-state index contributed by atoms with van der Waals surface area (Å²) in [6, 6.07) is 13.4. The maximum absolute atomic E-state index is 11.8. The number of amides is 1. The molecule has 0 aliphatic heterocycles. The van der Waals surface area contributed by atoms with Gasteiger partial charge in [-0.2, -0.15) is 0 Å². The molecule has 2 rings (SSSR count). The molecule has 4 nitrogen and oxygen atoms in total. The minimum atomic E-state index is -0.0451. The molecule has 0 spiro atoms. The summed E-state index contributed by atoms with van der Waals surface area (Å²) < 4.78 is 0. The number of pyridine rings is 1. The molecule has 20 heavy (non-hydrogen) atoms. The second kappa shape index (κ2) is 6.70. The third-order valence-electron chi connectivity index (χ3n) is 2.77. The molecule has 1 aromatic heterocycles. The van der Waals surface area contributed by atoms with Gasteiger partial charge in [-0.25, -0.2) is 0 Å². The Kier molecular flexibility index (Phi) is 4.71. The monoisotopic (exact) mass is 269 g/mol. The minimum Gasteiger partial charge on any atom is -0.379 e. The highest BCUT2D eigenvalue weighted by molar-refractivity contribution is 5.94. The molecule has 104 valence electrons. The average molecular weight is 269 g/mol. The van der Waals surface area contributed by atoms with Crippen LogP contribution in [0.4, 0.5) is 5.69 Å². The Morgan fingerprint density at radius 2 is 1.90 bits per heavy atom. The molecule has 0 radical (unpaired) electrons. The fourth-order valence-electron chi connectivity index (χ4n) is 1.78. The van der Waals surface area contributed by atoms with Gasteiger partial charge in [0.2, 0.25) is 0 Å². The van der Waals surface area contributed by atoms with Crippen LogP contribution in [0, 0.1) is 0 Å². The molecule has 0 saturated heterocycles. The lowest BCUT2D eigenvalue weighted by atomic mass is 10.2. The molecule has 0 atom stereocenters. The average Bonchev–Trinajstić information content (AvgIpc) is 2.46. The van der Waals surface area contributed by atoms with Crippen LogP contribution < -0.4 is 10.6 Å². The van der Waals surface area contributed by atoms with Crippen molar-refractivity contribution in [3.8, 4) is 0 Å². The number of aromatic nitrogens is 1. The summed E-state index contributed by atoms with van der Waals surface area (Å²) in [7, 11) is 0. The maximum atomic E-state index is 11.8. The molecule has 1 aromatic carbocycles. The van der Waals surface area contributed by atoms with Crippen LogP contribution in [0.5, 0.6) is 0 Å². The van der Waals surface area contributed by atoms with E-state index in [1.54, 1.807) is 6.20 Å². The van der Waals surface area contributed by atoms with Gasteiger partial charge >= 0.3 is 0 Å². The van der Waals surface area contributed by atoms with E-state index in [2.05, 4.69) is 15.6 Å². The maximum Gasteiger partial charge on any atom is 0.251 e. The summed E-state index contributed by atoms with van der Waals surface area (Å²) in [5, 5.41) is 6.14. The first-order valence-corrected chi connectivity index (χ1v) is 6.70. The van der Waals surface area contributed by atoms with Crippen molar-refractivity contribution in [1.82, 2.24) is 10.3 Å². The van der Waals surface area contributed by atoms with Gasteiger partial charge in [-0.05, 0) is 50.2 Å². The van der Waals surface area contributed by atoms with Gasteiger partial charge in [-0.15, -0.1) is 0 Å². The number of carbonyl (C=O) groups excluding carboxylic acids is 1. The molecular formula is C16H19N3O. The molecule has 1 heterocycles. The summed E-state index contributed by atoms with van der Waals surface area (Å²) in [6.45, 7) is 4.56. The number of hydrogen-bond donors (Lipinski definition) is 2. The smallest absolute Gasteiger partial charge is 0.251 e. The zero-order valence-corrected chi connectivity index (χ0v) is 11.8. The lowest BCUT2D eigenvalue weighted by Crippen LogP contribution is -2.29. The van der Waals surface area contributed by atoms with E-state index in [0.717, 1.165) is 11.4 Å². The lowest BCUT2D eigenvalue weighted by molar-refractivity contribution is 0.0943. The van der Waals surface area contributed by atoms with E-state index in [9.17, 15) is 4.79 Å². The lowest BCUT2D eigenvalue weighted by Gasteiger charge is -2.09. The van der Waals surface area contributed by atoms with Crippen molar-refractivity contribution in [1.29, 1.82) is 0 Å². The van der Waals surface area contributed by atoms with Crippen molar-refractivity contribution in [3.05, 3.63) is 59.9 Å². The second-order valence-corrected chi connectivity index (χ2v) is 4.88. The number of nitrogens with zero attached hydrogens (tertiary/aromatic N) is 1. The molecule has 0 aliphatic carbocycles. The van der Waals surface area contributed by atoms with Crippen LogP contribution in [0.2, 0.25) is 0 Å². The Bertz CT molecular complexity index is 550. The Labute approximate surface area is 119 Å². The SMILES string of the molecule is CC(C)NC(=O)c1ccc(NCc2ccccn2)cc1. The van der Waals surface area contributed by atoms with Crippen LogP contribution in [0.25, 0.3) is 0 Å². The van der Waals surface area contributed by atoms with Crippen molar-refractivity contribution >= 4 is 11.6 Å². The van der Waals surface area contributed by atoms with Crippen LogP contribution >= 0.6 is 0 Å². The molecule has 0 bridgehead atoms. The van der Waals surface area contributed by atoms with Crippen LogP contribution in [0.3, 0.4) is 0 Å². The Balaban J connectivity index is 1.93. The van der Waals surface area contributed by atoms with Gasteiger partial charge in [0.15, 0.2) is 0 Å². The Hall–Kier alpha value is -2.36. The number of nitrogens with one attached hydrogen (secondary N) is 2. The van der Waals surface area contributed by atoms with Crippen LogP contribution in [0.15, 0.2) is 48.7 Å². The zero-order valence-electron chi connectivity index (χ0n) is 11.8. The van der Waals surface area contributed by atoms with Gasteiger partial charge in [0.05, 0.1) is 12.2 Å².